The molecule has 0 amide bonds. The van der Waals surface area contributed by atoms with Crippen LogP contribution in [0.5, 0.6) is 0 Å². The molecule has 1 fully saturated rings. The molecule has 1 heterocycles. The zero-order valence-electron chi connectivity index (χ0n) is 6.47. The van der Waals surface area contributed by atoms with Gasteiger partial charge in [0, 0.05) is 0 Å². The van der Waals surface area contributed by atoms with Crippen molar-refractivity contribution in [2.24, 2.45) is 0 Å². The van der Waals surface area contributed by atoms with Crippen LogP contribution in [-0.4, -0.2) is 46.3 Å². The van der Waals surface area contributed by atoms with Crippen LogP contribution in [0.3, 0.4) is 0 Å². The van der Waals surface area contributed by atoms with Gasteiger partial charge in [-0.15, -0.1) is 0 Å². The van der Waals surface area contributed by atoms with Crippen molar-refractivity contribution >= 4 is 0 Å². The zero-order valence-corrected chi connectivity index (χ0v) is 6.47. The molecular weight excluding hydrogens is 148 g/mol. The van der Waals surface area contributed by atoms with E-state index in [0.29, 0.717) is 6.42 Å². The minimum Gasteiger partial charge on any atom is -0.388 e. The maximum Gasteiger partial charge on any atom is 0.111 e. The maximum atomic E-state index is 9.27. The van der Waals surface area contributed by atoms with Crippen molar-refractivity contribution < 1.29 is 20.1 Å². The van der Waals surface area contributed by atoms with Gasteiger partial charge < -0.3 is 20.1 Å². The number of aliphatic hydroxyl groups excluding tert-OH is 3. The van der Waals surface area contributed by atoms with E-state index >= 15 is 0 Å². The van der Waals surface area contributed by atoms with Crippen molar-refractivity contribution in [3.05, 3.63) is 0 Å². The molecule has 0 aromatic heterocycles. The van der Waals surface area contributed by atoms with E-state index in [4.69, 9.17) is 14.9 Å². The number of rotatable bonds is 1. The van der Waals surface area contributed by atoms with Crippen LogP contribution in [0.4, 0.5) is 0 Å². The predicted octanol–water partition coefficient (Wildman–Crippen LogP) is -1.12. The Morgan fingerprint density at radius 3 is 2.45 bits per heavy atom. The molecule has 4 nitrogen and oxygen atoms in total. The summed E-state index contributed by atoms with van der Waals surface area (Å²) in [5.74, 6) is 0. The SMILES string of the molecule is CC[C@@H]1OC[C@@H](O)[C@H](O)[C@H]1O. The van der Waals surface area contributed by atoms with Gasteiger partial charge in [0.2, 0.25) is 0 Å². The molecule has 1 rings (SSSR count). The Labute approximate surface area is 65.4 Å². The van der Waals surface area contributed by atoms with Crippen LogP contribution in [0.1, 0.15) is 13.3 Å². The quantitative estimate of drug-likeness (QED) is 0.456. The van der Waals surface area contributed by atoms with Gasteiger partial charge in [-0.25, -0.2) is 0 Å². The summed E-state index contributed by atoms with van der Waals surface area (Å²) in [5, 5.41) is 27.5. The molecule has 0 bridgehead atoms. The topological polar surface area (TPSA) is 69.9 Å². The number of hydrogen-bond acceptors (Lipinski definition) is 4. The lowest BCUT2D eigenvalue weighted by atomic mass is 9.99. The monoisotopic (exact) mass is 162 g/mol. The second-order valence-corrected chi connectivity index (χ2v) is 2.83. The van der Waals surface area contributed by atoms with Crippen LogP contribution in [0.15, 0.2) is 0 Å². The van der Waals surface area contributed by atoms with Gasteiger partial charge in [-0.05, 0) is 6.42 Å². The Morgan fingerprint density at radius 1 is 1.27 bits per heavy atom. The van der Waals surface area contributed by atoms with Crippen LogP contribution in [0.2, 0.25) is 0 Å². The Hall–Kier alpha value is -0.160. The number of aliphatic hydroxyl groups is 3. The van der Waals surface area contributed by atoms with Gasteiger partial charge in [0.1, 0.15) is 18.3 Å². The molecule has 0 spiro atoms. The van der Waals surface area contributed by atoms with Gasteiger partial charge in [0.15, 0.2) is 0 Å². The van der Waals surface area contributed by atoms with Crippen molar-refractivity contribution in [3.63, 3.8) is 0 Å². The summed E-state index contributed by atoms with van der Waals surface area (Å²) in [6.45, 7) is 1.97. The average molecular weight is 162 g/mol. The first-order valence-corrected chi connectivity index (χ1v) is 3.82. The summed E-state index contributed by atoms with van der Waals surface area (Å²) in [4.78, 5) is 0. The Morgan fingerprint density at radius 2 is 1.91 bits per heavy atom. The third-order valence-electron chi connectivity index (χ3n) is 2.01. The molecule has 1 saturated heterocycles. The molecule has 0 aliphatic carbocycles. The highest BCUT2D eigenvalue weighted by Crippen LogP contribution is 2.17. The average Bonchev–Trinajstić information content (AvgIpc) is 2.01. The Kier molecular flexibility index (Phi) is 2.84. The number of hydrogen-bond donors (Lipinski definition) is 3. The van der Waals surface area contributed by atoms with Crippen LogP contribution >= 0.6 is 0 Å². The first kappa shape index (κ1) is 8.93. The molecule has 0 aromatic carbocycles. The summed E-state index contributed by atoms with van der Waals surface area (Å²) in [6, 6.07) is 0. The van der Waals surface area contributed by atoms with E-state index in [2.05, 4.69) is 0 Å². The third kappa shape index (κ3) is 1.70. The molecular formula is C7H14O4. The van der Waals surface area contributed by atoms with Gasteiger partial charge in [-0.2, -0.15) is 0 Å². The molecule has 0 radical (unpaired) electrons. The van der Waals surface area contributed by atoms with Crippen LogP contribution in [0.25, 0.3) is 0 Å². The Bertz CT molecular complexity index is 126. The van der Waals surface area contributed by atoms with E-state index in [9.17, 15) is 5.11 Å². The summed E-state index contributed by atoms with van der Waals surface area (Å²) in [6.07, 6.45) is -2.66. The molecule has 4 heteroatoms. The van der Waals surface area contributed by atoms with E-state index in [-0.39, 0.29) is 12.7 Å². The van der Waals surface area contributed by atoms with Gasteiger partial charge in [0.05, 0.1) is 12.7 Å². The second kappa shape index (κ2) is 3.49. The Balaban J connectivity index is 2.52. The van der Waals surface area contributed by atoms with Crippen molar-refractivity contribution in [1.82, 2.24) is 0 Å². The molecule has 1 aliphatic heterocycles. The molecule has 66 valence electrons. The van der Waals surface area contributed by atoms with Crippen LogP contribution < -0.4 is 0 Å². The van der Waals surface area contributed by atoms with E-state index in [1.807, 2.05) is 6.92 Å². The fourth-order valence-electron chi connectivity index (χ4n) is 1.23. The molecule has 11 heavy (non-hydrogen) atoms. The van der Waals surface area contributed by atoms with E-state index < -0.39 is 18.3 Å². The first-order chi connectivity index (χ1) is 5.16. The fourth-order valence-corrected chi connectivity index (χ4v) is 1.23. The van der Waals surface area contributed by atoms with Crippen LogP contribution in [-0.2, 0) is 4.74 Å². The lowest BCUT2D eigenvalue weighted by Crippen LogP contribution is -2.52. The molecule has 0 saturated carbocycles. The standard InChI is InChI=1S/C7H14O4/c1-2-5-7(10)6(9)4(8)3-11-5/h4-10H,2-3H2,1H3/t4-,5+,6+,7+/m1/s1. The van der Waals surface area contributed by atoms with Gasteiger partial charge >= 0.3 is 0 Å². The van der Waals surface area contributed by atoms with Crippen molar-refractivity contribution in [2.75, 3.05) is 6.61 Å². The van der Waals surface area contributed by atoms with E-state index in [0.717, 1.165) is 0 Å². The highest BCUT2D eigenvalue weighted by Gasteiger charge is 2.36. The maximum absolute atomic E-state index is 9.27. The third-order valence-corrected chi connectivity index (χ3v) is 2.01. The largest absolute Gasteiger partial charge is 0.388 e. The highest BCUT2D eigenvalue weighted by molar-refractivity contribution is 4.85. The molecule has 0 aromatic rings. The highest BCUT2D eigenvalue weighted by atomic mass is 16.5. The number of ether oxygens (including phenoxy) is 1. The lowest BCUT2D eigenvalue weighted by molar-refractivity contribution is -0.187. The second-order valence-electron chi connectivity index (χ2n) is 2.83. The van der Waals surface area contributed by atoms with Crippen LogP contribution in [0, 0.1) is 0 Å². The van der Waals surface area contributed by atoms with E-state index in [1.54, 1.807) is 0 Å². The summed E-state index contributed by atoms with van der Waals surface area (Å²) < 4.78 is 5.06. The normalized spacial score (nSPS) is 45.8. The van der Waals surface area contributed by atoms with E-state index in [1.165, 1.54) is 0 Å². The zero-order chi connectivity index (χ0) is 8.43. The minimum atomic E-state index is -1.06. The van der Waals surface area contributed by atoms with Crippen molar-refractivity contribution in [2.45, 2.75) is 37.8 Å². The first-order valence-electron chi connectivity index (χ1n) is 3.82. The van der Waals surface area contributed by atoms with Crippen molar-refractivity contribution in [3.8, 4) is 0 Å². The summed E-state index contributed by atoms with van der Waals surface area (Å²) in [7, 11) is 0. The van der Waals surface area contributed by atoms with Crippen molar-refractivity contribution in [1.29, 1.82) is 0 Å². The van der Waals surface area contributed by atoms with Gasteiger partial charge in [-0.1, -0.05) is 6.92 Å². The molecule has 1 aliphatic rings. The summed E-state index contributed by atoms with van der Waals surface area (Å²) >= 11 is 0. The molecule has 0 unspecified atom stereocenters. The smallest absolute Gasteiger partial charge is 0.111 e. The van der Waals surface area contributed by atoms with Gasteiger partial charge in [-0.3, -0.25) is 0 Å². The molecule has 4 atom stereocenters. The summed E-state index contributed by atoms with van der Waals surface area (Å²) in [5.41, 5.74) is 0. The minimum absolute atomic E-state index is 0.108. The molecule has 3 N–H and O–H groups in total. The van der Waals surface area contributed by atoms with Gasteiger partial charge in [0.25, 0.3) is 0 Å². The predicted molar refractivity (Wildman–Crippen MR) is 38.1 cm³/mol. The lowest BCUT2D eigenvalue weighted by Gasteiger charge is -2.34. The fraction of sp³-hybridized carbons (Fsp3) is 1.00.